The number of aliphatic hydroxyl groups is 2. The van der Waals surface area contributed by atoms with Crippen molar-refractivity contribution in [1.29, 1.82) is 0 Å². The molecular formula is C18H19NO3. The van der Waals surface area contributed by atoms with Crippen molar-refractivity contribution >= 4 is 5.91 Å². The summed E-state index contributed by atoms with van der Waals surface area (Å²) < 4.78 is 0. The Balaban J connectivity index is 1.79. The summed E-state index contributed by atoms with van der Waals surface area (Å²) in [6.07, 6.45) is -0.116. The van der Waals surface area contributed by atoms with Gasteiger partial charge in [-0.25, -0.2) is 0 Å². The van der Waals surface area contributed by atoms with Gasteiger partial charge in [-0.05, 0) is 29.7 Å². The van der Waals surface area contributed by atoms with Crippen LogP contribution in [-0.4, -0.2) is 46.3 Å². The van der Waals surface area contributed by atoms with Crippen LogP contribution in [0.25, 0.3) is 11.1 Å². The van der Waals surface area contributed by atoms with Gasteiger partial charge < -0.3 is 15.1 Å². The summed E-state index contributed by atoms with van der Waals surface area (Å²) in [5.41, 5.74) is 2.73. The third kappa shape index (κ3) is 2.89. The topological polar surface area (TPSA) is 60.8 Å². The Morgan fingerprint density at radius 2 is 1.68 bits per heavy atom. The van der Waals surface area contributed by atoms with E-state index in [1.807, 2.05) is 42.5 Å². The van der Waals surface area contributed by atoms with Crippen LogP contribution in [0.3, 0.4) is 0 Å². The second-order valence-corrected chi connectivity index (χ2v) is 5.63. The van der Waals surface area contributed by atoms with Crippen molar-refractivity contribution in [2.24, 2.45) is 0 Å². The van der Waals surface area contributed by atoms with Crippen molar-refractivity contribution in [2.75, 3.05) is 13.2 Å². The SMILES string of the molecule is O=C(c1ccc(-c2ccccc2)cc1)N1CC(O)CC1CO. The summed E-state index contributed by atoms with van der Waals surface area (Å²) in [6, 6.07) is 17.1. The molecule has 2 atom stereocenters. The fraction of sp³-hybridized carbons (Fsp3) is 0.278. The van der Waals surface area contributed by atoms with Crippen molar-refractivity contribution in [3.8, 4) is 11.1 Å². The van der Waals surface area contributed by atoms with Crippen molar-refractivity contribution in [3.05, 3.63) is 60.2 Å². The number of aliphatic hydroxyl groups excluding tert-OH is 2. The lowest BCUT2D eigenvalue weighted by molar-refractivity contribution is 0.0665. The summed E-state index contributed by atoms with van der Waals surface area (Å²) in [5.74, 6) is -0.143. The summed E-state index contributed by atoms with van der Waals surface area (Å²) in [7, 11) is 0. The highest BCUT2D eigenvalue weighted by atomic mass is 16.3. The van der Waals surface area contributed by atoms with Gasteiger partial charge in [0, 0.05) is 12.1 Å². The van der Waals surface area contributed by atoms with Crippen LogP contribution in [0, 0.1) is 0 Å². The molecule has 1 aliphatic rings. The summed E-state index contributed by atoms with van der Waals surface area (Å²) in [6.45, 7) is 0.162. The molecule has 2 aromatic rings. The number of carbonyl (C=O) groups is 1. The highest BCUT2D eigenvalue weighted by Crippen LogP contribution is 2.23. The van der Waals surface area contributed by atoms with Crippen LogP contribution in [0.1, 0.15) is 16.8 Å². The van der Waals surface area contributed by atoms with E-state index < -0.39 is 6.10 Å². The van der Waals surface area contributed by atoms with Crippen LogP contribution < -0.4 is 0 Å². The first-order valence-corrected chi connectivity index (χ1v) is 7.44. The van der Waals surface area contributed by atoms with Crippen LogP contribution in [0.4, 0.5) is 0 Å². The van der Waals surface area contributed by atoms with Gasteiger partial charge in [0.15, 0.2) is 0 Å². The van der Waals surface area contributed by atoms with Crippen LogP contribution in [0.15, 0.2) is 54.6 Å². The maximum Gasteiger partial charge on any atom is 0.254 e. The summed E-state index contributed by atoms with van der Waals surface area (Å²) in [4.78, 5) is 14.1. The van der Waals surface area contributed by atoms with Gasteiger partial charge in [0.1, 0.15) is 0 Å². The Kier molecular flexibility index (Phi) is 4.22. The Labute approximate surface area is 129 Å². The minimum absolute atomic E-state index is 0.120. The lowest BCUT2D eigenvalue weighted by Crippen LogP contribution is -2.37. The molecule has 2 N–H and O–H groups in total. The van der Waals surface area contributed by atoms with Gasteiger partial charge in [0.05, 0.1) is 18.8 Å². The second-order valence-electron chi connectivity index (χ2n) is 5.63. The predicted octanol–water partition coefficient (Wildman–Crippen LogP) is 1.92. The number of likely N-dealkylation sites (tertiary alicyclic amines) is 1. The Bertz CT molecular complexity index is 639. The molecule has 3 rings (SSSR count). The molecule has 4 heteroatoms. The molecule has 0 radical (unpaired) electrons. The van der Waals surface area contributed by atoms with Gasteiger partial charge in [0.25, 0.3) is 5.91 Å². The second kappa shape index (κ2) is 6.30. The molecule has 0 aliphatic carbocycles. The lowest BCUT2D eigenvalue weighted by Gasteiger charge is -2.22. The van der Waals surface area contributed by atoms with E-state index in [0.717, 1.165) is 11.1 Å². The molecule has 4 nitrogen and oxygen atoms in total. The fourth-order valence-electron chi connectivity index (χ4n) is 2.92. The first-order valence-electron chi connectivity index (χ1n) is 7.44. The van der Waals surface area contributed by atoms with E-state index in [9.17, 15) is 15.0 Å². The zero-order valence-electron chi connectivity index (χ0n) is 12.2. The average molecular weight is 297 g/mol. The average Bonchev–Trinajstić information content (AvgIpc) is 2.96. The van der Waals surface area contributed by atoms with Gasteiger partial charge in [-0.3, -0.25) is 4.79 Å². The monoisotopic (exact) mass is 297 g/mol. The maximum atomic E-state index is 12.5. The van der Waals surface area contributed by atoms with Crippen molar-refractivity contribution < 1.29 is 15.0 Å². The summed E-state index contributed by atoms with van der Waals surface area (Å²) >= 11 is 0. The Morgan fingerprint density at radius 3 is 2.32 bits per heavy atom. The van der Waals surface area contributed by atoms with Gasteiger partial charge in [-0.1, -0.05) is 42.5 Å². The lowest BCUT2D eigenvalue weighted by atomic mass is 10.0. The van der Waals surface area contributed by atoms with Gasteiger partial charge >= 0.3 is 0 Å². The Hall–Kier alpha value is -2.17. The van der Waals surface area contributed by atoms with Crippen LogP contribution >= 0.6 is 0 Å². The largest absolute Gasteiger partial charge is 0.394 e. The molecule has 1 fully saturated rings. The fourth-order valence-corrected chi connectivity index (χ4v) is 2.92. The molecule has 0 aromatic heterocycles. The third-order valence-electron chi connectivity index (χ3n) is 4.10. The smallest absolute Gasteiger partial charge is 0.254 e. The van der Waals surface area contributed by atoms with E-state index >= 15 is 0 Å². The van der Waals surface area contributed by atoms with Crippen molar-refractivity contribution in [2.45, 2.75) is 18.6 Å². The van der Waals surface area contributed by atoms with Gasteiger partial charge in [-0.2, -0.15) is 0 Å². The number of hydrogen-bond acceptors (Lipinski definition) is 3. The van der Waals surface area contributed by atoms with Crippen molar-refractivity contribution in [1.82, 2.24) is 4.90 Å². The minimum atomic E-state index is -0.551. The van der Waals surface area contributed by atoms with Crippen LogP contribution in [0.2, 0.25) is 0 Å². The highest BCUT2D eigenvalue weighted by Gasteiger charge is 2.34. The molecule has 1 aliphatic heterocycles. The number of amides is 1. The highest BCUT2D eigenvalue weighted by molar-refractivity contribution is 5.95. The molecule has 1 amide bonds. The molecule has 1 saturated heterocycles. The van der Waals surface area contributed by atoms with Gasteiger partial charge in [-0.15, -0.1) is 0 Å². The van der Waals surface area contributed by atoms with E-state index in [-0.39, 0.29) is 25.1 Å². The van der Waals surface area contributed by atoms with E-state index in [1.165, 1.54) is 0 Å². The van der Waals surface area contributed by atoms with Crippen LogP contribution in [0.5, 0.6) is 0 Å². The standard InChI is InChI=1S/C18H19NO3/c20-12-16-10-17(21)11-19(16)18(22)15-8-6-14(7-9-15)13-4-2-1-3-5-13/h1-9,16-17,20-21H,10-12H2. The van der Waals surface area contributed by atoms with E-state index in [0.29, 0.717) is 12.0 Å². The molecule has 114 valence electrons. The molecule has 22 heavy (non-hydrogen) atoms. The first-order chi connectivity index (χ1) is 10.7. The quantitative estimate of drug-likeness (QED) is 0.910. The maximum absolute atomic E-state index is 12.5. The number of hydrogen-bond donors (Lipinski definition) is 2. The number of benzene rings is 2. The minimum Gasteiger partial charge on any atom is -0.394 e. The molecule has 2 unspecified atom stereocenters. The predicted molar refractivity (Wildman–Crippen MR) is 84.4 cm³/mol. The zero-order chi connectivity index (χ0) is 15.5. The molecule has 0 saturated carbocycles. The molecule has 0 bridgehead atoms. The molecule has 1 heterocycles. The normalized spacial score (nSPS) is 21.1. The van der Waals surface area contributed by atoms with E-state index in [4.69, 9.17) is 0 Å². The van der Waals surface area contributed by atoms with E-state index in [2.05, 4.69) is 0 Å². The van der Waals surface area contributed by atoms with E-state index in [1.54, 1.807) is 17.0 Å². The number of β-amino-alcohol motifs (C(OH)–C–C–N with tert-alkyl or cyclic N) is 1. The van der Waals surface area contributed by atoms with Crippen molar-refractivity contribution in [3.63, 3.8) is 0 Å². The molecule has 2 aromatic carbocycles. The zero-order valence-corrected chi connectivity index (χ0v) is 12.2. The number of carbonyl (C=O) groups excluding carboxylic acids is 1. The summed E-state index contributed by atoms with van der Waals surface area (Å²) in [5, 5.41) is 19.0. The molecule has 0 spiro atoms. The molecular weight excluding hydrogens is 278 g/mol. The number of nitrogens with zero attached hydrogens (tertiary/aromatic N) is 1. The first kappa shape index (κ1) is 14.8. The van der Waals surface area contributed by atoms with Gasteiger partial charge in [0.2, 0.25) is 0 Å². The third-order valence-corrected chi connectivity index (χ3v) is 4.10. The van der Waals surface area contributed by atoms with Crippen LogP contribution in [-0.2, 0) is 0 Å². The Morgan fingerprint density at radius 1 is 1.05 bits per heavy atom. The number of rotatable bonds is 3.